The summed E-state index contributed by atoms with van der Waals surface area (Å²) in [6.07, 6.45) is 4.87. The number of benzene rings is 1. The average molecular weight is 301 g/mol. The van der Waals surface area contributed by atoms with Gasteiger partial charge in [0.15, 0.2) is 0 Å². The van der Waals surface area contributed by atoms with E-state index in [-0.39, 0.29) is 17.9 Å². The molecule has 0 spiro atoms. The van der Waals surface area contributed by atoms with Crippen molar-refractivity contribution in [2.75, 3.05) is 11.4 Å². The van der Waals surface area contributed by atoms with E-state index in [1.807, 2.05) is 31.2 Å². The molecule has 1 heterocycles. The fraction of sp³-hybridized carbons (Fsp3) is 0.412. The molecule has 1 aromatic rings. The summed E-state index contributed by atoms with van der Waals surface area (Å²) >= 11 is 0. The Morgan fingerprint density at radius 3 is 2.82 bits per heavy atom. The molecule has 0 saturated carbocycles. The van der Waals surface area contributed by atoms with E-state index in [1.54, 1.807) is 17.9 Å². The number of hydrogen-bond acceptors (Lipinski definition) is 3. The third-order valence-corrected chi connectivity index (χ3v) is 3.81. The van der Waals surface area contributed by atoms with Crippen molar-refractivity contribution < 1.29 is 9.59 Å². The van der Waals surface area contributed by atoms with Crippen LogP contribution >= 0.6 is 0 Å². The fourth-order valence-corrected chi connectivity index (χ4v) is 2.46. The van der Waals surface area contributed by atoms with Crippen molar-refractivity contribution in [1.29, 1.82) is 0 Å². The Morgan fingerprint density at radius 1 is 1.41 bits per heavy atom. The molecule has 1 aromatic carbocycles. The number of hydrogen-bond donors (Lipinski definition) is 2. The quantitative estimate of drug-likeness (QED) is 0.807. The van der Waals surface area contributed by atoms with E-state index in [2.05, 4.69) is 5.32 Å². The fourth-order valence-electron chi connectivity index (χ4n) is 2.46. The van der Waals surface area contributed by atoms with Crippen LogP contribution in [0.5, 0.6) is 0 Å². The lowest BCUT2D eigenvalue weighted by Crippen LogP contribution is -2.43. The van der Waals surface area contributed by atoms with Crippen LogP contribution in [0.1, 0.15) is 25.8 Å². The molecule has 0 bridgehead atoms. The van der Waals surface area contributed by atoms with E-state index in [1.165, 1.54) is 11.6 Å². The van der Waals surface area contributed by atoms with Crippen LogP contribution in [0.15, 0.2) is 36.4 Å². The Morgan fingerprint density at radius 2 is 2.14 bits per heavy atom. The van der Waals surface area contributed by atoms with Gasteiger partial charge in [0.1, 0.15) is 0 Å². The van der Waals surface area contributed by atoms with Crippen LogP contribution in [0.25, 0.3) is 0 Å². The molecular formula is C17H23N3O2. The molecule has 3 N–H and O–H groups in total. The van der Waals surface area contributed by atoms with Gasteiger partial charge in [0.25, 0.3) is 5.91 Å². The van der Waals surface area contributed by atoms with Crippen LogP contribution in [-0.4, -0.2) is 30.4 Å². The summed E-state index contributed by atoms with van der Waals surface area (Å²) in [6.45, 7) is 4.29. The molecule has 0 unspecified atom stereocenters. The summed E-state index contributed by atoms with van der Waals surface area (Å²) in [6, 6.07) is 7.20. The number of nitrogens with two attached hydrogens (primary N) is 1. The average Bonchev–Trinajstić information content (AvgIpc) is 2.94. The van der Waals surface area contributed by atoms with Crippen molar-refractivity contribution in [3.63, 3.8) is 0 Å². The molecule has 0 aromatic heterocycles. The minimum Gasteiger partial charge on any atom is -0.349 e. The second kappa shape index (κ2) is 7.22. The second-order valence-corrected chi connectivity index (χ2v) is 5.54. The van der Waals surface area contributed by atoms with Gasteiger partial charge in [-0.1, -0.05) is 31.2 Å². The lowest BCUT2D eigenvalue weighted by Gasteiger charge is -2.17. The Labute approximate surface area is 131 Å². The molecule has 22 heavy (non-hydrogen) atoms. The summed E-state index contributed by atoms with van der Waals surface area (Å²) < 4.78 is 0. The van der Waals surface area contributed by atoms with Gasteiger partial charge in [0, 0.05) is 24.4 Å². The third-order valence-electron chi connectivity index (χ3n) is 3.81. The molecule has 1 aliphatic heterocycles. The maximum absolute atomic E-state index is 12.3. The number of nitrogens with one attached hydrogen (secondary N) is 1. The zero-order chi connectivity index (χ0) is 16.1. The molecular weight excluding hydrogens is 278 g/mol. The molecule has 118 valence electrons. The first-order valence-electron chi connectivity index (χ1n) is 7.66. The lowest BCUT2D eigenvalue weighted by atomic mass is 10.1. The van der Waals surface area contributed by atoms with Crippen LogP contribution in [0, 0.1) is 0 Å². The molecule has 2 atom stereocenters. The number of amides is 2. The molecule has 2 amide bonds. The van der Waals surface area contributed by atoms with Crippen molar-refractivity contribution in [3.8, 4) is 0 Å². The first-order chi connectivity index (χ1) is 10.5. The maximum atomic E-state index is 12.3. The van der Waals surface area contributed by atoms with Gasteiger partial charge in [-0.05, 0) is 31.4 Å². The van der Waals surface area contributed by atoms with Gasteiger partial charge < -0.3 is 16.0 Å². The summed E-state index contributed by atoms with van der Waals surface area (Å²) in [7, 11) is 0. The summed E-state index contributed by atoms with van der Waals surface area (Å²) in [5.74, 6) is -0.270. The van der Waals surface area contributed by atoms with Crippen molar-refractivity contribution in [2.24, 2.45) is 5.73 Å². The largest absolute Gasteiger partial charge is 0.349 e. The van der Waals surface area contributed by atoms with Crippen LogP contribution in [0.4, 0.5) is 5.69 Å². The Balaban J connectivity index is 2.00. The standard InChI is InChI=1S/C17H23N3O2/c1-3-14(19-17(22)12(2)18)8-9-16(21)20-11-10-13-6-4-5-7-15(13)20/h4-9,12,14H,3,10-11,18H2,1-2H3,(H,19,22)/t12-,14-/m0/s1. The minimum atomic E-state index is -0.552. The van der Waals surface area contributed by atoms with Gasteiger partial charge in [0.05, 0.1) is 6.04 Å². The van der Waals surface area contributed by atoms with Crippen molar-refractivity contribution in [1.82, 2.24) is 5.32 Å². The molecule has 5 heteroatoms. The zero-order valence-electron chi connectivity index (χ0n) is 13.1. The topological polar surface area (TPSA) is 75.4 Å². The van der Waals surface area contributed by atoms with Gasteiger partial charge >= 0.3 is 0 Å². The number of fused-ring (bicyclic) bond motifs is 1. The highest BCUT2D eigenvalue weighted by atomic mass is 16.2. The van der Waals surface area contributed by atoms with Crippen LogP contribution < -0.4 is 16.0 Å². The summed E-state index contributed by atoms with van der Waals surface area (Å²) in [5, 5.41) is 2.81. The third kappa shape index (κ3) is 3.74. The number of para-hydroxylation sites is 1. The summed E-state index contributed by atoms with van der Waals surface area (Å²) in [4.78, 5) is 25.7. The van der Waals surface area contributed by atoms with E-state index in [0.29, 0.717) is 13.0 Å². The van der Waals surface area contributed by atoms with Crippen molar-refractivity contribution >= 4 is 17.5 Å². The van der Waals surface area contributed by atoms with Gasteiger partial charge in [0.2, 0.25) is 5.91 Å². The number of carbonyl (C=O) groups excluding carboxylic acids is 2. The van der Waals surface area contributed by atoms with Crippen molar-refractivity contribution in [2.45, 2.75) is 38.8 Å². The van der Waals surface area contributed by atoms with Crippen LogP contribution in [0.3, 0.4) is 0 Å². The molecule has 0 radical (unpaired) electrons. The number of anilines is 1. The molecule has 0 fully saturated rings. The van der Waals surface area contributed by atoms with E-state index in [9.17, 15) is 9.59 Å². The highest BCUT2D eigenvalue weighted by molar-refractivity contribution is 6.03. The van der Waals surface area contributed by atoms with E-state index >= 15 is 0 Å². The zero-order valence-corrected chi connectivity index (χ0v) is 13.1. The molecule has 2 rings (SSSR count). The first-order valence-corrected chi connectivity index (χ1v) is 7.66. The monoisotopic (exact) mass is 301 g/mol. The SMILES string of the molecule is CC[C@@H](C=CC(=O)N1CCc2ccccc21)NC(=O)[C@H](C)N. The molecule has 0 saturated heterocycles. The molecule has 5 nitrogen and oxygen atoms in total. The molecule has 1 aliphatic rings. The number of carbonyl (C=O) groups is 2. The highest BCUT2D eigenvalue weighted by Gasteiger charge is 2.22. The van der Waals surface area contributed by atoms with Gasteiger partial charge in [-0.15, -0.1) is 0 Å². The normalized spacial score (nSPS) is 16.4. The summed E-state index contributed by atoms with van der Waals surface area (Å²) in [5.41, 5.74) is 7.71. The van der Waals surface area contributed by atoms with Gasteiger partial charge in [-0.3, -0.25) is 9.59 Å². The predicted molar refractivity (Wildman–Crippen MR) is 87.5 cm³/mol. The number of rotatable bonds is 5. The maximum Gasteiger partial charge on any atom is 0.250 e. The molecule has 0 aliphatic carbocycles. The van der Waals surface area contributed by atoms with Gasteiger partial charge in [-0.2, -0.15) is 0 Å². The number of nitrogens with zero attached hydrogens (tertiary/aromatic N) is 1. The van der Waals surface area contributed by atoms with Crippen LogP contribution in [0.2, 0.25) is 0 Å². The van der Waals surface area contributed by atoms with Crippen LogP contribution in [-0.2, 0) is 16.0 Å². The van der Waals surface area contributed by atoms with E-state index < -0.39 is 6.04 Å². The Kier molecular flexibility index (Phi) is 5.33. The smallest absolute Gasteiger partial charge is 0.250 e. The highest BCUT2D eigenvalue weighted by Crippen LogP contribution is 2.27. The van der Waals surface area contributed by atoms with E-state index in [0.717, 1.165) is 12.1 Å². The first kappa shape index (κ1) is 16.2. The lowest BCUT2D eigenvalue weighted by molar-refractivity contribution is -0.122. The Hall–Kier alpha value is -2.14. The minimum absolute atomic E-state index is 0.0570. The van der Waals surface area contributed by atoms with Gasteiger partial charge in [-0.25, -0.2) is 0 Å². The van der Waals surface area contributed by atoms with Crippen molar-refractivity contribution in [3.05, 3.63) is 42.0 Å². The second-order valence-electron chi connectivity index (χ2n) is 5.54. The Bertz CT molecular complexity index is 581. The predicted octanol–water partition coefficient (Wildman–Crippen LogP) is 1.37. The van der Waals surface area contributed by atoms with E-state index in [4.69, 9.17) is 5.73 Å².